The van der Waals surface area contributed by atoms with Crippen LogP contribution >= 0.6 is 0 Å². The van der Waals surface area contributed by atoms with Crippen molar-refractivity contribution < 1.29 is 13.7 Å². The van der Waals surface area contributed by atoms with Crippen LogP contribution in [-0.2, 0) is 0 Å². The number of rotatable bonds is 6. The zero-order valence-corrected chi connectivity index (χ0v) is 30.6. The van der Waals surface area contributed by atoms with Crippen LogP contribution in [0, 0.1) is 0 Å². The summed E-state index contributed by atoms with van der Waals surface area (Å²) in [5.74, 6) is 0. The molecular weight excluding hydrogens is 705 g/mol. The summed E-state index contributed by atoms with van der Waals surface area (Å²) < 4.78 is 92.1. The number of hydrogen-bond acceptors (Lipinski definition) is 2. The second-order valence-corrected chi connectivity index (χ2v) is 14.6. The Labute approximate surface area is 348 Å². The van der Waals surface area contributed by atoms with Crippen molar-refractivity contribution in [1.82, 2.24) is 8.80 Å². The fraction of sp³-hybridized carbons (Fsp3) is 0. The number of nitrogens with zero attached hydrogens (tertiary/aromatic N) is 4. The van der Waals surface area contributed by atoms with Crippen LogP contribution in [0.1, 0.15) is 13.7 Å². The van der Waals surface area contributed by atoms with Crippen LogP contribution in [0.15, 0.2) is 206 Å². The molecule has 0 aliphatic rings. The molecule has 13 rings (SSSR count). The molecule has 58 heavy (non-hydrogen) atoms. The molecule has 0 aliphatic carbocycles. The van der Waals surface area contributed by atoms with Crippen LogP contribution in [0.3, 0.4) is 0 Å². The number of anilines is 6. The Bertz CT molecular complexity index is 3950. The molecule has 0 atom stereocenters. The Morgan fingerprint density at radius 1 is 0.328 bits per heavy atom. The second-order valence-electron chi connectivity index (χ2n) is 14.6. The first-order valence-electron chi connectivity index (χ1n) is 24.1. The molecule has 0 amide bonds. The molecule has 0 radical (unpaired) electrons. The third kappa shape index (κ3) is 4.18. The van der Waals surface area contributed by atoms with Gasteiger partial charge in [0.15, 0.2) is 0 Å². The first-order valence-corrected chi connectivity index (χ1v) is 19.1. The monoisotopic (exact) mass is 748 g/mol. The number of aromatic nitrogens is 2. The van der Waals surface area contributed by atoms with Crippen LogP contribution in [0.5, 0.6) is 0 Å². The van der Waals surface area contributed by atoms with E-state index in [1.165, 1.54) is 0 Å². The molecule has 0 saturated carbocycles. The summed E-state index contributed by atoms with van der Waals surface area (Å²) in [5.41, 5.74) is 8.54. The molecule has 13 aromatic rings. The van der Waals surface area contributed by atoms with E-state index in [0.29, 0.717) is 22.7 Å². The average Bonchev–Trinajstić information content (AvgIpc) is 4.10. The summed E-state index contributed by atoms with van der Waals surface area (Å²) in [4.78, 5) is 3.57. The van der Waals surface area contributed by atoms with E-state index in [1.807, 2.05) is 97.1 Å². The lowest BCUT2D eigenvalue weighted by Gasteiger charge is -2.26. The Kier molecular flexibility index (Phi) is 4.76. The number of hydrogen-bond donors (Lipinski definition) is 0. The van der Waals surface area contributed by atoms with E-state index in [2.05, 4.69) is 57.3 Å². The van der Waals surface area contributed by atoms with Crippen molar-refractivity contribution in [3.05, 3.63) is 206 Å². The van der Waals surface area contributed by atoms with E-state index in [1.54, 1.807) is 9.80 Å². The van der Waals surface area contributed by atoms with Gasteiger partial charge in [0.2, 0.25) is 0 Å². The maximum atomic E-state index is 9.08. The maximum absolute atomic E-state index is 9.08. The van der Waals surface area contributed by atoms with Gasteiger partial charge < -0.3 is 18.6 Å². The highest BCUT2D eigenvalue weighted by Gasteiger charge is 2.26. The highest BCUT2D eigenvalue weighted by molar-refractivity contribution is 6.31. The lowest BCUT2D eigenvalue weighted by atomic mass is 10.0. The van der Waals surface area contributed by atoms with Gasteiger partial charge in [0, 0.05) is 65.8 Å². The van der Waals surface area contributed by atoms with Gasteiger partial charge in [0.1, 0.15) is 0 Å². The topological polar surface area (TPSA) is 15.3 Å². The average molecular weight is 749 g/mol. The molecule has 4 nitrogen and oxygen atoms in total. The predicted molar refractivity (Wildman–Crippen MR) is 245 cm³/mol. The fourth-order valence-electron chi connectivity index (χ4n) is 9.52. The molecule has 9 aromatic carbocycles. The van der Waals surface area contributed by atoms with Crippen LogP contribution in [0.2, 0.25) is 0 Å². The van der Waals surface area contributed by atoms with Gasteiger partial charge in [-0.05, 0) is 84.8 Å². The van der Waals surface area contributed by atoms with Gasteiger partial charge in [-0.25, -0.2) is 0 Å². The minimum absolute atomic E-state index is 0.0626. The molecular formula is C54H34N4. The summed E-state index contributed by atoms with van der Waals surface area (Å²) in [6, 6.07) is 44.0. The molecule has 0 N–H and O–H groups in total. The first kappa shape index (κ1) is 23.3. The number of para-hydroxylation sites is 6. The molecule has 0 spiro atoms. The van der Waals surface area contributed by atoms with Crippen molar-refractivity contribution >= 4 is 110 Å². The van der Waals surface area contributed by atoms with Gasteiger partial charge in [-0.1, -0.05) is 121 Å². The zero-order chi connectivity index (χ0) is 46.6. The standard InChI is InChI=1S/C54H34N4/c1-5-17-35(18-6-1)55(36-19-7-2-8-20-36)45-29-15-31-47-51(45)41-27-13-25-39-43-34-50-44(33-49(43)57(47)53(39)41)40-26-14-28-42-52-46(30-16-32-48(52)58(50)54(40)42)56(37-21-9-3-10-22-37)38-23-11-4-12-24-38/h1-34H/i1D,3D,5D,6D,9D,10D,17D,18D,21D,22D. The minimum atomic E-state index is -0.451. The Morgan fingerprint density at radius 2 is 0.724 bits per heavy atom. The van der Waals surface area contributed by atoms with Crippen LogP contribution in [0.4, 0.5) is 34.1 Å². The minimum Gasteiger partial charge on any atom is -0.310 e. The van der Waals surface area contributed by atoms with Crippen molar-refractivity contribution in [2.45, 2.75) is 0 Å². The Balaban J connectivity index is 1.10. The summed E-state index contributed by atoms with van der Waals surface area (Å²) in [6.07, 6.45) is 0. The van der Waals surface area contributed by atoms with Gasteiger partial charge in [-0.3, -0.25) is 0 Å². The molecule has 4 heterocycles. The molecule has 4 aromatic heterocycles. The van der Waals surface area contributed by atoms with E-state index in [-0.39, 0.29) is 35.5 Å². The van der Waals surface area contributed by atoms with Crippen molar-refractivity contribution in [3.63, 3.8) is 0 Å². The maximum Gasteiger partial charge on any atom is 0.0645 e. The molecule has 0 fully saturated rings. The van der Waals surface area contributed by atoms with E-state index >= 15 is 0 Å². The lowest BCUT2D eigenvalue weighted by molar-refractivity contribution is 1.29. The van der Waals surface area contributed by atoms with Crippen LogP contribution in [-0.4, -0.2) is 8.80 Å². The normalized spacial score (nSPS) is 14.6. The number of benzene rings is 9. The van der Waals surface area contributed by atoms with Gasteiger partial charge in [0.25, 0.3) is 0 Å². The van der Waals surface area contributed by atoms with Crippen molar-refractivity contribution in [1.29, 1.82) is 0 Å². The van der Waals surface area contributed by atoms with Gasteiger partial charge >= 0.3 is 0 Å². The molecule has 0 unspecified atom stereocenters. The third-order valence-electron chi connectivity index (χ3n) is 11.7. The SMILES string of the molecule is [2H]c1c([2H])c([2H])c(N(c2ccccc2)c2cccc3c2c2cccc4c5cc6c(cc5n3c42)c2cccc3c4c(N(c5ccccc5)c5c([2H])c([2H])c([2H])c([2H])c5[2H])cccc4n6c23)c([2H])c1[2H]. The fourth-order valence-corrected chi connectivity index (χ4v) is 9.52. The van der Waals surface area contributed by atoms with E-state index < -0.39 is 36.3 Å². The third-order valence-corrected chi connectivity index (χ3v) is 11.7. The van der Waals surface area contributed by atoms with E-state index in [4.69, 9.17) is 13.7 Å². The van der Waals surface area contributed by atoms with Crippen LogP contribution < -0.4 is 9.80 Å². The van der Waals surface area contributed by atoms with Crippen molar-refractivity contribution in [2.75, 3.05) is 9.80 Å². The van der Waals surface area contributed by atoms with Crippen LogP contribution in [0.25, 0.3) is 76.2 Å². The summed E-state index contributed by atoms with van der Waals surface area (Å²) >= 11 is 0. The van der Waals surface area contributed by atoms with Crippen molar-refractivity contribution in [2.24, 2.45) is 0 Å². The predicted octanol–water partition coefficient (Wildman–Crippen LogP) is 14.9. The molecule has 4 heteroatoms. The van der Waals surface area contributed by atoms with Crippen molar-refractivity contribution in [3.8, 4) is 0 Å². The van der Waals surface area contributed by atoms with E-state index in [9.17, 15) is 0 Å². The van der Waals surface area contributed by atoms with Gasteiger partial charge in [-0.2, -0.15) is 0 Å². The molecule has 0 bridgehead atoms. The molecule has 270 valence electrons. The highest BCUT2D eigenvalue weighted by Crippen LogP contribution is 2.49. The summed E-state index contributed by atoms with van der Waals surface area (Å²) in [6.45, 7) is 0. The lowest BCUT2D eigenvalue weighted by Crippen LogP contribution is -2.10. The molecule has 0 saturated heterocycles. The smallest absolute Gasteiger partial charge is 0.0645 e. The summed E-state index contributed by atoms with van der Waals surface area (Å²) in [7, 11) is 0. The quantitative estimate of drug-likeness (QED) is 0.168. The Morgan fingerprint density at radius 3 is 1.16 bits per heavy atom. The first-order chi connectivity index (χ1) is 33.0. The van der Waals surface area contributed by atoms with E-state index in [0.717, 1.165) is 76.2 Å². The zero-order valence-electron chi connectivity index (χ0n) is 40.6. The van der Waals surface area contributed by atoms with Gasteiger partial charge in [0.05, 0.1) is 58.2 Å². The highest BCUT2D eigenvalue weighted by atomic mass is 15.2. The van der Waals surface area contributed by atoms with Gasteiger partial charge in [-0.15, -0.1) is 0 Å². The Hall–Kier alpha value is -7.82. The number of fused-ring (bicyclic) bond motifs is 12. The second kappa shape index (κ2) is 11.8. The summed E-state index contributed by atoms with van der Waals surface area (Å²) in [5, 5.41) is 7.77. The largest absolute Gasteiger partial charge is 0.310 e. The molecule has 0 aliphatic heterocycles.